The molecule has 3 heteroatoms. The Labute approximate surface area is 98.2 Å². The number of hydrogen-bond acceptors (Lipinski definition) is 2. The molecule has 0 spiro atoms. The Kier molecular flexibility index (Phi) is 3.33. The van der Waals surface area contributed by atoms with E-state index in [1.165, 1.54) is 18.4 Å². The lowest BCUT2D eigenvalue weighted by atomic mass is 9.80. The molecule has 1 aromatic heterocycles. The fraction of sp³-hybridized carbons (Fsp3) is 0.769. The van der Waals surface area contributed by atoms with Crippen LogP contribution in [-0.4, -0.2) is 16.3 Å². The molecule has 3 nitrogen and oxygen atoms in total. The standard InChI is InChI=1S/C13H23N3/c1-4-8-16-10-12(9-15-16)13(11(2)3)6-5-7-14-13/h9-11,14H,4-8H2,1-3H3. The minimum Gasteiger partial charge on any atom is -0.307 e. The van der Waals surface area contributed by atoms with E-state index in [0.717, 1.165) is 19.5 Å². The molecule has 1 unspecified atom stereocenters. The number of nitrogens with zero attached hydrogens (tertiary/aromatic N) is 2. The van der Waals surface area contributed by atoms with Crippen molar-refractivity contribution in [1.82, 2.24) is 15.1 Å². The molecular formula is C13H23N3. The number of aromatic nitrogens is 2. The van der Waals surface area contributed by atoms with Crippen molar-refractivity contribution in [3.8, 4) is 0 Å². The monoisotopic (exact) mass is 221 g/mol. The van der Waals surface area contributed by atoms with E-state index in [4.69, 9.17) is 0 Å². The lowest BCUT2D eigenvalue weighted by Gasteiger charge is -2.33. The summed E-state index contributed by atoms with van der Waals surface area (Å²) in [5.41, 5.74) is 1.54. The molecule has 1 atom stereocenters. The van der Waals surface area contributed by atoms with Crippen LogP contribution in [-0.2, 0) is 12.1 Å². The van der Waals surface area contributed by atoms with E-state index >= 15 is 0 Å². The van der Waals surface area contributed by atoms with Gasteiger partial charge >= 0.3 is 0 Å². The SMILES string of the molecule is CCCn1cc(C2(C(C)C)CCCN2)cn1. The van der Waals surface area contributed by atoms with E-state index in [-0.39, 0.29) is 5.54 Å². The maximum Gasteiger partial charge on any atom is 0.0540 e. The zero-order chi connectivity index (χ0) is 11.6. The van der Waals surface area contributed by atoms with Crippen molar-refractivity contribution in [2.75, 3.05) is 6.54 Å². The summed E-state index contributed by atoms with van der Waals surface area (Å²) >= 11 is 0. The summed E-state index contributed by atoms with van der Waals surface area (Å²) in [5.74, 6) is 0.620. The minimum absolute atomic E-state index is 0.173. The van der Waals surface area contributed by atoms with Crippen LogP contribution >= 0.6 is 0 Å². The Morgan fingerprint density at radius 1 is 1.56 bits per heavy atom. The molecule has 16 heavy (non-hydrogen) atoms. The van der Waals surface area contributed by atoms with Gasteiger partial charge in [-0.05, 0) is 31.7 Å². The maximum absolute atomic E-state index is 4.45. The lowest BCUT2D eigenvalue weighted by molar-refractivity contribution is 0.277. The molecule has 0 radical (unpaired) electrons. The van der Waals surface area contributed by atoms with Crippen LogP contribution in [0.1, 0.15) is 45.6 Å². The van der Waals surface area contributed by atoms with Crippen molar-refractivity contribution >= 4 is 0 Å². The van der Waals surface area contributed by atoms with Gasteiger partial charge in [-0.3, -0.25) is 4.68 Å². The van der Waals surface area contributed by atoms with E-state index in [2.05, 4.69) is 42.1 Å². The fourth-order valence-corrected chi connectivity index (χ4v) is 2.78. The molecule has 1 fully saturated rings. The van der Waals surface area contributed by atoms with Crippen LogP contribution in [0.5, 0.6) is 0 Å². The first-order chi connectivity index (χ1) is 7.69. The lowest BCUT2D eigenvalue weighted by Crippen LogP contribution is -2.41. The molecule has 0 amide bonds. The van der Waals surface area contributed by atoms with Gasteiger partial charge in [-0.15, -0.1) is 0 Å². The molecule has 2 heterocycles. The van der Waals surface area contributed by atoms with E-state index in [9.17, 15) is 0 Å². The average Bonchev–Trinajstić information content (AvgIpc) is 2.85. The largest absolute Gasteiger partial charge is 0.307 e. The average molecular weight is 221 g/mol. The first kappa shape index (κ1) is 11.6. The smallest absolute Gasteiger partial charge is 0.0540 e. The number of aryl methyl sites for hydroxylation is 1. The zero-order valence-electron chi connectivity index (χ0n) is 10.7. The van der Waals surface area contributed by atoms with Gasteiger partial charge in [0, 0.05) is 23.8 Å². The first-order valence-electron chi connectivity index (χ1n) is 6.47. The highest BCUT2D eigenvalue weighted by Gasteiger charge is 2.39. The number of hydrogen-bond donors (Lipinski definition) is 1. The van der Waals surface area contributed by atoms with Crippen LogP contribution in [0.3, 0.4) is 0 Å². The van der Waals surface area contributed by atoms with Gasteiger partial charge in [0.1, 0.15) is 0 Å². The van der Waals surface area contributed by atoms with Gasteiger partial charge in [0.05, 0.1) is 6.20 Å². The van der Waals surface area contributed by atoms with Gasteiger partial charge in [0.2, 0.25) is 0 Å². The van der Waals surface area contributed by atoms with E-state index in [1.54, 1.807) is 0 Å². The third-order valence-electron chi connectivity index (χ3n) is 3.78. The summed E-state index contributed by atoms with van der Waals surface area (Å²) in [6, 6.07) is 0. The van der Waals surface area contributed by atoms with Crippen LogP contribution in [0, 0.1) is 5.92 Å². The van der Waals surface area contributed by atoms with Crippen molar-refractivity contribution in [3.63, 3.8) is 0 Å². The second-order valence-electron chi connectivity index (χ2n) is 5.15. The highest BCUT2D eigenvalue weighted by Crippen LogP contribution is 2.37. The Morgan fingerprint density at radius 3 is 2.94 bits per heavy atom. The summed E-state index contributed by atoms with van der Waals surface area (Å²) in [6.45, 7) is 8.95. The first-order valence-corrected chi connectivity index (χ1v) is 6.47. The summed E-state index contributed by atoms with van der Waals surface area (Å²) in [5, 5.41) is 8.14. The van der Waals surface area contributed by atoms with Gasteiger partial charge in [-0.1, -0.05) is 20.8 Å². The molecular weight excluding hydrogens is 198 g/mol. The van der Waals surface area contributed by atoms with E-state index < -0.39 is 0 Å². The molecule has 0 aromatic carbocycles. The molecule has 0 bridgehead atoms. The van der Waals surface area contributed by atoms with Gasteiger partial charge in [0.25, 0.3) is 0 Å². The molecule has 1 aliphatic rings. The van der Waals surface area contributed by atoms with Crippen LogP contribution in [0.15, 0.2) is 12.4 Å². The molecule has 1 aliphatic heterocycles. The quantitative estimate of drug-likeness (QED) is 0.846. The summed E-state index contributed by atoms with van der Waals surface area (Å²) in [6.07, 6.45) is 7.93. The van der Waals surface area contributed by atoms with Crippen LogP contribution in [0.2, 0.25) is 0 Å². The van der Waals surface area contributed by atoms with Gasteiger partial charge in [0.15, 0.2) is 0 Å². The summed E-state index contributed by atoms with van der Waals surface area (Å²) < 4.78 is 2.07. The zero-order valence-corrected chi connectivity index (χ0v) is 10.7. The van der Waals surface area contributed by atoms with Crippen LogP contribution < -0.4 is 5.32 Å². The van der Waals surface area contributed by atoms with Crippen molar-refractivity contribution < 1.29 is 0 Å². The van der Waals surface area contributed by atoms with Gasteiger partial charge in [-0.25, -0.2) is 0 Å². The predicted molar refractivity (Wildman–Crippen MR) is 66.3 cm³/mol. The second kappa shape index (κ2) is 4.58. The molecule has 0 saturated carbocycles. The Balaban J connectivity index is 2.25. The minimum atomic E-state index is 0.173. The normalized spacial score (nSPS) is 25.5. The Bertz CT molecular complexity index is 335. The Hall–Kier alpha value is -0.830. The molecule has 2 rings (SSSR count). The van der Waals surface area contributed by atoms with Crippen molar-refractivity contribution in [2.24, 2.45) is 5.92 Å². The van der Waals surface area contributed by atoms with Crippen LogP contribution in [0.4, 0.5) is 0 Å². The van der Waals surface area contributed by atoms with E-state index in [1.807, 2.05) is 6.20 Å². The second-order valence-corrected chi connectivity index (χ2v) is 5.15. The Morgan fingerprint density at radius 2 is 2.38 bits per heavy atom. The van der Waals surface area contributed by atoms with Crippen molar-refractivity contribution in [2.45, 2.75) is 52.1 Å². The highest BCUT2D eigenvalue weighted by molar-refractivity contribution is 5.21. The number of nitrogens with one attached hydrogen (secondary N) is 1. The highest BCUT2D eigenvalue weighted by atomic mass is 15.3. The van der Waals surface area contributed by atoms with Gasteiger partial charge in [-0.2, -0.15) is 5.10 Å². The van der Waals surface area contributed by atoms with Crippen molar-refractivity contribution in [3.05, 3.63) is 18.0 Å². The topological polar surface area (TPSA) is 29.9 Å². The van der Waals surface area contributed by atoms with Crippen LogP contribution in [0.25, 0.3) is 0 Å². The van der Waals surface area contributed by atoms with Gasteiger partial charge < -0.3 is 5.32 Å². The summed E-state index contributed by atoms with van der Waals surface area (Å²) in [4.78, 5) is 0. The number of rotatable bonds is 4. The molecule has 1 N–H and O–H groups in total. The molecule has 0 aliphatic carbocycles. The maximum atomic E-state index is 4.45. The summed E-state index contributed by atoms with van der Waals surface area (Å²) in [7, 11) is 0. The third-order valence-corrected chi connectivity index (χ3v) is 3.78. The fourth-order valence-electron chi connectivity index (χ4n) is 2.78. The third kappa shape index (κ3) is 1.88. The molecule has 90 valence electrons. The predicted octanol–water partition coefficient (Wildman–Crippen LogP) is 2.53. The van der Waals surface area contributed by atoms with E-state index in [0.29, 0.717) is 5.92 Å². The molecule has 1 saturated heterocycles. The molecule has 1 aromatic rings. The van der Waals surface area contributed by atoms with Crippen molar-refractivity contribution in [1.29, 1.82) is 0 Å².